The van der Waals surface area contributed by atoms with E-state index in [4.69, 9.17) is 16.3 Å². The molecule has 1 amide bonds. The first-order valence-electron chi connectivity index (χ1n) is 8.20. The minimum atomic E-state index is -0.370. The number of carbonyl (C=O) groups is 1. The topological polar surface area (TPSA) is 70.9 Å². The normalized spacial score (nSPS) is 10.7. The largest absolute Gasteiger partial charge is 0.508 e. The highest BCUT2D eigenvalue weighted by Gasteiger charge is 2.05. The summed E-state index contributed by atoms with van der Waals surface area (Å²) in [6.07, 6.45) is 1.52. The van der Waals surface area contributed by atoms with Gasteiger partial charge in [0.25, 0.3) is 5.91 Å². The third-order valence-electron chi connectivity index (χ3n) is 3.73. The monoisotopic (exact) mass is 380 g/mol. The zero-order valence-electron chi connectivity index (χ0n) is 14.3. The molecule has 0 saturated heterocycles. The van der Waals surface area contributed by atoms with Gasteiger partial charge in [0.1, 0.15) is 18.1 Å². The van der Waals surface area contributed by atoms with Gasteiger partial charge in [-0.15, -0.1) is 0 Å². The molecule has 136 valence electrons. The van der Waals surface area contributed by atoms with Crippen molar-refractivity contribution < 1.29 is 14.6 Å². The van der Waals surface area contributed by atoms with Crippen LogP contribution in [0, 0.1) is 0 Å². The van der Waals surface area contributed by atoms with Crippen LogP contribution in [0.2, 0.25) is 5.02 Å². The number of ether oxygens (including phenoxy) is 1. The number of hydrazone groups is 1. The molecule has 0 saturated carbocycles. The fraction of sp³-hybridized carbons (Fsp3) is 0.0476. The van der Waals surface area contributed by atoms with Gasteiger partial charge in [0, 0.05) is 16.1 Å². The number of benzene rings is 3. The number of nitrogens with zero attached hydrogens (tertiary/aromatic N) is 1. The summed E-state index contributed by atoms with van der Waals surface area (Å²) in [5, 5.41) is 13.9. The van der Waals surface area contributed by atoms with Crippen LogP contribution >= 0.6 is 11.6 Å². The third-order valence-corrected chi connectivity index (χ3v) is 3.98. The molecule has 6 heteroatoms. The quantitative estimate of drug-likeness (QED) is 0.492. The second-order valence-corrected chi connectivity index (χ2v) is 6.14. The molecule has 27 heavy (non-hydrogen) atoms. The van der Waals surface area contributed by atoms with Gasteiger partial charge < -0.3 is 9.84 Å². The van der Waals surface area contributed by atoms with E-state index < -0.39 is 0 Å². The number of para-hydroxylation sites is 1. The number of phenolic OH excluding ortho intramolecular Hbond substituents is 1. The summed E-state index contributed by atoms with van der Waals surface area (Å²) in [5.74, 6) is 0.378. The van der Waals surface area contributed by atoms with Crippen LogP contribution in [0.5, 0.6) is 11.5 Å². The van der Waals surface area contributed by atoms with E-state index in [-0.39, 0.29) is 11.7 Å². The molecule has 0 spiro atoms. The van der Waals surface area contributed by atoms with Crippen LogP contribution < -0.4 is 10.2 Å². The lowest BCUT2D eigenvalue weighted by atomic mass is 10.2. The summed E-state index contributed by atoms with van der Waals surface area (Å²) < 4.78 is 5.84. The molecule has 3 rings (SSSR count). The molecular weight excluding hydrogens is 364 g/mol. The van der Waals surface area contributed by atoms with Crippen molar-refractivity contribution in [1.29, 1.82) is 0 Å². The summed E-state index contributed by atoms with van der Waals surface area (Å²) >= 11 is 5.88. The molecular formula is C21H17ClN2O3. The van der Waals surface area contributed by atoms with E-state index in [1.807, 2.05) is 48.5 Å². The zero-order chi connectivity index (χ0) is 19.1. The average Bonchev–Trinajstić information content (AvgIpc) is 2.69. The Hall–Kier alpha value is -3.31. The molecule has 0 bridgehead atoms. The van der Waals surface area contributed by atoms with Crippen LogP contribution in [-0.4, -0.2) is 17.2 Å². The molecule has 0 heterocycles. The maximum absolute atomic E-state index is 12.0. The molecule has 0 aliphatic rings. The van der Waals surface area contributed by atoms with Crippen LogP contribution in [0.25, 0.3) is 0 Å². The molecule has 3 aromatic carbocycles. The summed E-state index contributed by atoms with van der Waals surface area (Å²) in [4.78, 5) is 12.0. The van der Waals surface area contributed by atoms with Crippen molar-refractivity contribution in [1.82, 2.24) is 5.43 Å². The van der Waals surface area contributed by atoms with Crippen LogP contribution in [0.3, 0.4) is 0 Å². The first-order chi connectivity index (χ1) is 13.1. The van der Waals surface area contributed by atoms with Crippen LogP contribution in [-0.2, 0) is 6.61 Å². The van der Waals surface area contributed by atoms with Gasteiger partial charge in [-0.1, -0.05) is 35.9 Å². The highest BCUT2D eigenvalue weighted by molar-refractivity contribution is 6.30. The molecule has 0 atom stereocenters. The van der Waals surface area contributed by atoms with E-state index in [9.17, 15) is 9.90 Å². The molecule has 5 nitrogen and oxygen atoms in total. The van der Waals surface area contributed by atoms with Gasteiger partial charge in [0.05, 0.1) is 6.21 Å². The molecule has 0 aliphatic carbocycles. The lowest BCUT2D eigenvalue weighted by Crippen LogP contribution is -2.17. The van der Waals surface area contributed by atoms with Gasteiger partial charge in [-0.05, 0) is 54.1 Å². The van der Waals surface area contributed by atoms with Gasteiger partial charge >= 0.3 is 0 Å². The summed E-state index contributed by atoms with van der Waals surface area (Å²) in [6, 6.07) is 20.7. The van der Waals surface area contributed by atoms with E-state index in [2.05, 4.69) is 10.5 Å². The number of carbonyl (C=O) groups excluding carboxylic acids is 1. The molecule has 2 N–H and O–H groups in total. The molecule has 3 aromatic rings. The van der Waals surface area contributed by atoms with Crippen LogP contribution in [0.1, 0.15) is 21.5 Å². The van der Waals surface area contributed by atoms with E-state index in [1.165, 1.54) is 30.5 Å². The van der Waals surface area contributed by atoms with Crippen molar-refractivity contribution >= 4 is 23.7 Å². The first kappa shape index (κ1) is 18.5. The van der Waals surface area contributed by atoms with Crippen LogP contribution in [0.4, 0.5) is 0 Å². The SMILES string of the molecule is O=C(N/N=C/c1ccccc1OCc1ccc(Cl)cc1)c1ccc(O)cc1. The minimum Gasteiger partial charge on any atom is -0.508 e. The number of amides is 1. The lowest BCUT2D eigenvalue weighted by Gasteiger charge is -2.09. The van der Waals surface area contributed by atoms with E-state index in [0.717, 1.165) is 11.1 Å². The lowest BCUT2D eigenvalue weighted by molar-refractivity contribution is 0.0955. The van der Waals surface area contributed by atoms with Crippen molar-refractivity contribution in [3.63, 3.8) is 0 Å². The number of aromatic hydroxyl groups is 1. The average molecular weight is 381 g/mol. The number of nitrogens with one attached hydrogen (secondary N) is 1. The Morgan fingerprint density at radius 2 is 1.74 bits per heavy atom. The van der Waals surface area contributed by atoms with Gasteiger partial charge in [-0.3, -0.25) is 4.79 Å². The summed E-state index contributed by atoms with van der Waals surface area (Å²) in [7, 11) is 0. The second-order valence-electron chi connectivity index (χ2n) is 5.70. The van der Waals surface area contributed by atoms with Crippen molar-refractivity contribution in [2.75, 3.05) is 0 Å². The van der Waals surface area contributed by atoms with Gasteiger partial charge in [-0.25, -0.2) is 5.43 Å². The Bertz CT molecular complexity index is 938. The number of rotatable bonds is 6. The maximum Gasteiger partial charge on any atom is 0.271 e. The van der Waals surface area contributed by atoms with Crippen molar-refractivity contribution in [2.45, 2.75) is 6.61 Å². The molecule has 0 aliphatic heterocycles. The van der Waals surface area contributed by atoms with Gasteiger partial charge in [0.15, 0.2) is 0 Å². The Morgan fingerprint density at radius 1 is 1.04 bits per heavy atom. The summed E-state index contributed by atoms with van der Waals surface area (Å²) in [6.45, 7) is 0.391. The maximum atomic E-state index is 12.0. The first-order valence-corrected chi connectivity index (χ1v) is 8.58. The van der Waals surface area contributed by atoms with E-state index >= 15 is 0 Å². The van der Waals surface area contributed by atoms with Crippen molar-refractivity contribution in [3.8, 4) is 11.5 Å². The van der Waals surface area contributed by atoms with Crippen molar-refractivity contribution in [3.05, 3.63) is 94.5 Å². The minimum absolute atomic E-state index is 0.0989. The Labute approximate surface area is 161 Å². The van der Waals surface area contributed by atoms with E-state index in [0.29, 0.717) is 22.9 Å². The standard InChI is InChI=1S/C21H17ClN2O3/c22-18-9-5-15(6-10-18)14-27-20-4-2-1-3-17(20)13-23-24-21(26)16-7-11-19(25)12-8-16/h1-13,25H,14H2,(H,24,26)/b23-13+. The molecule has 0 aromatic heterocycles. The molecule has 0 radical (unpaired) electrons. The predicted octanol–water partition coefficient (Wildman–Crippen LogP) is 4.39. The fourth-order valence-electron chi connectivity index (χ4n) is 2.30. The summed E-state index contributed by atoms with van der Waals surface area (Å²) in [5.41, 5.74) is 4.58. The second kappa shape index (κ2) is 8.87. The smallest absolute Gasteiger partial charge is 0.271 e. The number of phenols is 1. The number of hydrogen-bond donors (Lipinski definition) is 2. The Balaban J connectivity index is 1.62. The van der Waals surface area contributed by atoms with E-state index in [1.54, 1.807) is 0 Å². The van der Waals surface area contributed by atoms with Crippen molar-refractivity contribution in [2.24, 2.45) is 5.10 Å². The molecule has 0 fully saturated rings. The number of halogens is 1. The van der Waals surface area contributed by atoms with Gasteiger partial charge in [0.2, 0.25) is 0 Å². The Morgan fingerprint density at radius 3 is 2.48 bits per heavy atom. The van der Waals surface area contributed by atoms with Crippen LogP contribution in [0.15, 0.2) is 77.9 Å². The number of hydrogen-bond acceptors (Lipinski definition) is 4. The molecule has 0 unspecified atom stereocenters. The highest BCUT2D eigenvalue weighted by atomic mass is 35.5. The van der Waals surface area contributed by atoms with Gasteiger partial charge in [-0.2, -0.15) is 5.10 Å². The third kappa shape index (κ3) is 5.33. The predicted molar refractivity (Wildman–Crippen MR) is 105 cm³/mol. The fourth-order valence-corrected chi connectivity index (χ4v) is 2.42. The zero-order valence-corrected chi connectivity index (χ0v) is 15.1. The Kier molecular flexibility index (Phi) is 6.07. The highest BCUT2D eigenvalue weighted by Crippen LogP contribution is 2.18.